The van der Waals surface area contributed by atoms with Crippen LogP contribution in [0.5, 0.6) is 5.75 Å². The molecule has 0 aliphatic carbocycles. The summed E-state index contributed by atoms with van der Waals surface area (Å²) >= 11 is 0. The zero-order valence-corrected chi connectivity index (χ0v) is 19.1. The van der Waals surface area contributed by atoms with Gasteiger partial charge in [0.15, 0.2) is 0 Å². The van der Waals surface area contributed by atoms with Crippen LogP contribution in [0.1, 0.15) is 79.2 Å². The Bertz CT molecular complexity index is 550. The zero-order valence-electron chi connectivity index (χ0n) is 19.1. The molecule has 1 aliphatic heterocycles. The molecule has 0 amide bonds. The molecule has 0 bridgehead atoms. The quantitative estimate of drug-likeness (QED) is 0.456. The number of nitrogens with one attached hydrogen (secondary N) is 1. The molecular weight excluding hydrogens is 346 g/mol. The number of hydrogen-bond acceptors (Lipinski definition) is 3. The molecule has 2 unspecified atom stereocenters. The van der Waals surface area contributed by atoms with Crippen molar-refractivity contribution in [3.8, 4) is 5.75 Å². The van der Waals surface area contributed by atoms with Crippen molar-refractivity contribution >= 4 is 0 Å². The van der Waals surface area contributed by atoms with Gasteiger partial charge < -0.3 is 14.8 Å². The van der Waals surface area contributed by atoms with Crippen molar-refractivity contribution in [2.24, 2.45) is 17.8 Å². The number of hydrogen-bond donors (Lipinski definition) is 1. The van der Waals surface area contributed by atoms with Crippen molar-refractivity contribution in [1.29, 1.82) is 0 Å². The normalized spacial score (nSPS) is 20.5. The SMILES string of the molecule is CC(C)CCC(CCNCc1ccc(OC(C)C)cc1)C1CCOC(C)(C)C1. The molecule has 160 valence electrons. The molecular formula is C25H43NO2. The molecule has 0 saturated carbocycles. The lowest BCUT2D eigenvalue weighted by Gasteiger charge is -2.39. The third-order valence-electron chi connectivity index (χ3n) is 5.83. The Morgan fingerprint density at radius 2 is 1.79 bits per heavy atom. The summed E-state index contributed by atoms with van der Waals surface area (Å²) in [5.74, 6) is 3.35. The Morgan fingerprint density at radius 1 is 1.07 bits per heavy atom. The maximum Gasteiger partial charge on any atom is 0.119 e. The average Bonchev–Trinajstić information content (AvgIpc) is 2.61. The predicted octanol–water partition coefficient (Wildman–Crippen LogP) is 6.21. The summed E-state index contributed by atoms with van der Waals surface area (Å²) in [4.78, 5) is 0. The lowest BCUT2D eigenvalue weighted by Crippen LogP contribution is -2.37. The van der Waals surface area contributed by atoms with E-state index in [2.05, 4.69) is 71.1 Å². The Hall–Kier alpha value is -1.06. The smallest absolute Gasteiger partial charge is 0.119 e. The Labute approximate surface area is 173 Å². The van der Waals surface area contributed by atoms with E-state index in [1.807, 2.05) is 0 Å². The molecule has 1 aromatic carbocycles. The first-order chi connectivity index (χ1) is 13.2. The van der Waals surface area contributed by atoms with Gasteiger partial charge in [0.05, 0.1) is 11.7 Å². The molecule has 2 atom stereocenters. The second-order valence-electron chi connectivity index (χ2n) is 9.87. The molecule has 1 aliphatic rings. The van der Waals surface area contributed by atoms with E-state index in [4.69, 9.17) is 9.47 Å². The van der Waals surface area contributed by atoms with Crippen LogP contribution < -0.4 is 10.1 Å². The second kappa shape index (κ2) is 11.2. The van der Waals surface area contributed by atoms with E-state index in [-0.39, 0.29) is 11.7 Å². The van der Waals surface area contributed by atoms with Crippen molar-refractivity contribution in [1.82, 2.24) is 5.32 Å². The van der Waals surface area contributed by atoms with Gasteiger partial charge in [-0.25, -0.2) is 0 Å². The van der Waals surface area contributed by atoms with Crippen LogP contribution in [0, 0.1) is 17.8 Å². The summed E-state index contributed by atoms with van der Waals surface area (Å²) < 4.78 is 11.7. The van der Waals surface area contributed by atoms with Crippen LogP contribution in [0.25, 0.3) is 0 Å². The molecule has 1 fully saturated rings. The maximum absolute atomic E-state index is 5.96. The highest BCUT2D eigenvalue weighted by Gasteiger charge is 2.33. The minimum Gasteiger partial charge on any atom is -0.491 e. The van der Waals surface area contributed by atoms with Gasteiger partial charge in [-0.3, -0.25) is 0 Å². The molecule has 2 rings (SSSR count). The van der Waals surface area contributed by atoms with E-state index in [9.17, 15) is 0 Å². The second-order valence-corrected chi connectivity index (χ2v) is 9.87. The molecule has 0 spiro atoms. The molecule has 0 radical (unpaired) electrons. The van der Waals surface area contributed by atoms with Crippen molar-refractivity contribution < 1.29 is 9.47 Å². The molecule has 1 heterocycles. The van der Waals surface area contributed by atoms with Gasteiger partial charge in [-0.2, -0.15) is 0 Å². The minimum atomic E-state index is 0.0478. The van der Waals surface area contributed by atoms with Crippen LogP contribution in [-0.2, 0) is 11.3 Å². The zero-order chi connectivity index (χ0) is 20.6. The lowest BCUT2D eigenvalue weighted by atomic mass is 9.75. The van der Waals surface area contributed by atoms with E-state index in [0.717, 1.165) is 43.2 Å². The Balaban J connectivity index is 1.80. The van der Waals surface area contributed by atoms with Crippen LogP contribution in [0.3, 0.4) is 0 Å². The third kappa shape index (κ3) is 8.53. The topological polar surface area (TPSA) is 30.5 Å². The van der Waals surface area contributed by atoms with Crippen LogP contribution in [0.15, 0.2) is 24.3 Å². The highest BCUT2D eigenvalue weighted by molar-refractivity contribution is 5.27. The van der Waals surface area contributed by atoms with Gasteiger partial charge in [-0.1, -0.05) is 32.4 Å². The standard InChI is InChI=1S/C25H43NO2/c1-19(2)7-10-22(23-14-16-27-25(5,6)17-23)13-15-26-18-21-8-11-24(12-9-21)28-20(3)4/h8-9,11-12,19-20,22-23,26H,7,10,13-18H2,1-6H3. The number of ether oxygens (including phenoxy) is 2. The maximum atomic E-state index is 5.96. The summed E-state index contributed by atoms with van der Waals surface area (Å²) in [6, 6.07) is 8.49. The van der Waals surface area contributed by atoms with E-state index in [1.54, 1.807) is 0 Å². The third-order valence-corrected chi connectivity index (χ3v) is 5.83. The summed E-state index contributed by atoms with van der Waals surface area (Å²) in [5.41, 5.74) is 1.37. The average molecular weight is 390 g/mol. The fourth-order valence-electron chi connectivity index (χ4n) is 4.32. The van der Waals surface area contributed by atoms with Crippen LogP contribution in [0.2, 0.25) is 0 Å². The number of benzene rings is 1. The van der Waals surface area contributed by atoms with Gasteiger partial charge >= 0.3 is 0 Å². The van der Waals surface area contributed by atoms with E-state index in [0.29, 0.717) is 0 Å². The van der Waals surface area contributed by atoms with Crippen molar-refractivity contribution in [2.75, 3.05) is 13.2 Å². The van der Waals surface area contributed by atoms with Gasteiger partial charge in [-0.05, 0) is 95.4 Å². The number of rotatable bonds is 11. The molecule has 0 aromatic heterocycles. The first-order valence-electron chi connectivity index (χ1n) is 11.4. The summed E-state index contributed by atoms with van der Waals surface area (Å²) in [5, 5.41) is 3.67. The molecule has 1 aromatic rings. The van der Waals surface area contributed by atoms with Gasteiger partial charge in [0, 0.05) is 13.2 Å². The van der Waals surface area contributed by atoms with E-state index < -0.39 is 0 Å². The Morgan fingerprint density at radius 3 is 2.39 bits per heavy atom. The largest absolute Gasteiger partial charge is 0.491 e. The fraction of sp³-hybridized carbons (Fsp3) is 0.760. The van der Waals surface area contributed by atoms with Crippen LogP contribution in [-0.4, -0.2) is 24.9 Å². The monoisotopic (exact) mass is 389 g/mol. The lowest BCUT2D eigenvalue weighted by molar-refractivity contribution is -0.0839. The van der Waals surface area contributed by atoms with E-state index in [1.165, 1.54) is 37.7 Å². The van der Waals surface area contributed by atoms with Gasteiger partial charge in [0.1, 0.15) is 5.75 Å². The van der Waals surface area contributed by atoms with Crippen molar-refractivity contribution in [3.05, 3.63) is 29.8 Å². The van der Waals surface area contributed by atoms with Crippen molar-refractivity contribution in [3.63, 3.8) is 0 Å². The van der Waals surface area contributed by atoms with Gasteiger partial charge in [0.2, 0.25) is 0 Å². The Kier molecular flexibility index (Phi) is 9.30. The summed E-state index contributed by atoms with van der Waals surface area (Å²) in [7, 11) is 0. The predicted molar refractivity (Wildman–Crippen MR) is 119 cm³/mol. The van der Waals surface area contributed by atoms with Gasteiger partial charge in [0.25, 0.3) is 0 Å². The first kappa shape index (κ1) is 23.2. The molecule has 3 nitrogen and oxygen atoms in total. The summed E-state index contributed by atoms with van der Waals surface area (Å²) in [6.45, 7) is 16.3. The molecule has 1 N–H and O–H groups in total. The molecule has 3 heteroatoms. The van der Waals surface area contributed by atoms with E-state index >= 15 is 0 Å². The molecule has 1 saturated heterocycles. The molecule has 28 heavy (non-hydrogen) atoms. The van der Waals surface area contributed by atoms with Crippen LogP contribution in [0.4, 0.5) is 0 Å². The summed E-state index contributed by atoms with van der Waals surface area (Å²) in [6.07, 6.45) is 6.60. The van der Waals surface area contributed by atoms with Crippen molar-refractivity contribution in [2.45, 2.75) is 91.9 Å². The highest BCUT2D eigenvalue weighted by Crippen LogP contribution is 2.37. The highest BCUT2D eigenvalue weighted by atomic mass is 16.5. The van der Waals surface area contributed by atoms with Crippen LogP contribution >= 0.6 is 0 Å². The first-order valence-corrected chi connectivity index (χ1v) is 11.4. The fourth-order valence-corrected chi connectivity index (χ4v) is 4.32. The van der Waals surface area contributed by atoms with Gasteiger partial charge in [-0.15, -0.1) is 0 Å². The minimum absolute atomic E-state index is 0.0478.